The van der Waals surface area contributed by atoms with Crippen molar-refractivity contribution in [2.24, 2.45) is 5.92 Å². The van der Waals surface area contributed by atoms with Crippen LogP contribution in [0.1, 0.15) is 20.8 Å². The maximum Gasteiger partial charge on any atom is 0.251 e. The van der Waals surface area contributed by atoms with Crippen LogP contribution in [-0.4, -0.2) is 42.8 Å². The van der Waals surface area contributed by atoms with Crippen LogP contribution in [0.15, 0.2) is 66.2 Å². The molecule has 0 aliphatic carbocycles. The van der Waals surface area contributed by atoms with E-state index < -0.39 is 0 Å². The molecule has 2 N–H and O–H groups in total. The maximum absolute atomic E-state index is 12.7. The number of hydrogen-bond donors (Lipinski definition) is 2. The predicted octanol–water partition coefficient (Wildman–Crippen LogP) is 3.47. The summed E-state index contributed by atoms with van der Waals surface area (Å²) in [5.74, 6) is -0.349. The number of likely N-dealkylation sites (N-methyl/N-ethyl adjacent to an activating group) is 1. The molecule has 1 unspecified atom stereocenters. The Morgan fingerprint density at radius 3 is 2.33 bits per heavy atom. The van der Waals surface area contributed by atoms with Crippen molar-refractivity contribution >= 4 is 23.9 Å². The molecule has 0 saturated carbocycles. The standard InChI is InChI=1S/C24H29N3O3/c1-17(2)22(27(4)23(29)15-25-16-28)13-18(3)24(30)26-21-12-8-11-20(14-21)19-9-6-5-7-10-19/h5-14,16-17,22H,15H2,1-4H3,(H,25,28)(H,26,30)/b18-13+. The van der Waals surface area contributed by atoms with Crippen molar-refractivity contribution in [3.05, 3.63) is 66.2 Å². The first kappa shape index (κ1) is 22.9. The van der Waals surface area contributed by atoms with Gasteiger partial charge in [-0.3, -0.25) is 14.4 Å². The zero-order valence-corrected chi connectivity index (χ0v) is 17.9. The summed E-state index contributed by atoms with van der Waals surface area (Å²) in [6, 6.07) is 17.4. The predicted molar refractivity (Wildman–Crippen MR) is 120 cm³/mol. The van der Waals surface area contributed by atoms with Crippen molar-refractivity contribution in [2.45, 2.75) is 26.8 Å². The van der Waals surface area contributed by atoms with E-state index in [4.69, 9.17) is 0 Å². The summed E-state index contributed by atoms with van der Waals surface area (Å²) < 4.78 is 0. The maximum atomic E-state index is 12.7. The molecule has 6 heteroatoms. The zero-order chi connectivity index (χ0) is 22.1. The number of carbonyl (C=O) groups excluding carboxylic acids is 3. The van der Waals surface area contributed by atoms with Gasteiger partial charge in [-0.25, -0.2) is 0 Å². The van der Waals surface area contributed by atoms with Gasteiger partial charge in [0, 0.05) is 18.3 Å². The minimum absolute atomic E-state index is 0.0748. The second kappa shape index (κ2) is 11.0. The molecule has 3 amide bonds. The van der Waals surface area contributed by atoms with Crippen molar-refractivity contribution in [1.82, 2.24) is 10.2 Å². The minimum atomic E-state index is -0.271. The van der Waals surface area contributed by atoms with Crippen LogP contribution in [0.5, 0.6) is 0 Å². The highest BCUT2D eigenvalue weighted by Crippen LogP contribution is 2.23. The van der Waals surface area contributed by atoms with E-state index in [0.717, 1.165) is 11.1 Å². The molecule has 0 aromatic heterocycles. The quantitative estimate of drug-likeness (QED) is 0.494. The minimum Gasteiger partial charge on any atom is -0.350 e. The van der Waals surface area contributed by atoms with E-state index in [2.05, 4.69) is 10.6 Å². The molecule has 0 radical (unpaired) electrons. The summed E-state index contributed by atoms with van der Waals surface area (Å²) in [6.45, 7) is 5.61. The van der Waals surface area contributed by atoms with Crippen LogP contribution >= 0.6 is 0 Å². The summed E-state index contributed by atoms with van der Waals surface area (Å²) in [6.07, 6.45) is 2.29. The number of amides is 3. The molecule has 158 valence electrons. The number of nitrogens with zero attached hydrogens (tertiary/aromatic N) is 1. The lowest BCUT2D eigenvalue weighted by atomic mass is 9.99. The third-order valence-corrected chi connectivity index (χ3v) is 4.87. The molecule has 0 bridgehead atoms. The van der Waals surface area contributed by atoms with Gasteiger partial charge in [0.25, 0.3) is 5.91 Å². The van der Waals surface area contributed by atoms with Crippen LogP contribution in [-0.2, 0) is 14.4 Å². The first-order valence-electron chi connectivity index (χ1n) is 9.91. The zero-order valence-electron chi connectivity index (χ0n) is 17.9. The molecule has 0 heterocycles. The summed E-state index contributed by atoms with van der Waals surface area (Å²) in [4.78, 5) is 37.0. The molecule has 0 fully saturated rings. The molecule has 0 saturated heterocycles. The number of anilines is 1. The SMILES string of the molecule is C/C(=C\C(C(C)C)N(C)C(=O)CNC=O)C(=O)Nc1cccc(-c2ccccc2)c1. The first-order chi connectivity index (χ1) is 14.3. The summed E-state index contributed by atoms with van der Waals surface area (Å²) in [7, 11) is 1.67. The topological polar surface area (TPSA) is 78.5 Å². The second-order valence-corrected chi connectivity index (χ2v) is 7.49. The van der Waals surface area contributed by atoms with E-state index in [1.54, 1.807) is 24.9 Å². The Morgan fingerprint density at radius 2 is 1.70 bits per heavy atom. The lowest BCUT2D eigenvalue weighted by Crippen LogP contribution is -2.43. The number of carbonyl (C=O) groups is 3. The Balaban J connectivity index is 2.14. The van der Waals surface area contributed by atoms with Crippen molar-refractivity contribution in [2.75, 3.05) is 18.9 Å². The van der Waals surface area contributed by atoms with Gasteiger partial charge < -0.3 is 15.5 Å². The third kappa shape index (κ3) is 6.30. The van der Waals surface area contributed by atoms with Gasteiger partial charge in [-0.05, 0) is 36.1 Å². The highest BCUT2D eigenvalue weighted by molar-refractivity contribution is 6.03. The van der Waals surface area contributed by atoms with Crippen LogP contribution in [0.4, 0.5) is 5.69 Å². The Labute approximate surface area is 178 Å². The largest absolute Gasteiger partial charge is 0.350 e. The molecule has 0 spiro atoms. The van der Waals surface area contributed by atoms with Crippen LogP contribution in [0.3, 0.4) is 0 Å². The normalized spacial score (nSPS) is 12.2. The molecule has 2 aromatic carbocycles. The Morgan fingerprint density at radius 1 is 1.03 bits per heavy atom. The van der Waals surface area contributed by atoms with Crippen molar-refractivity contribution in [3.63, 3.8) is 0 Å². The van der Waals surface area contributed by atoms with E-state index in [9.17, 15) is 14.4 Å². The fraction of sp³-hybridized carbons (Fsp3) is 0.292. The van der Waals surface area contributed by atoms with Gasteiger partial charge in [-0.15, -0.1) is 0 Å². The van der Waals surface area contributed by atoms with E-state index in [-0.39, 0.29) is 30.3 Å². The summed E-state index contributed by atoms with van der Waals surface area (Å²) in [5, 5.41) is 5.31. The smallest absolute Gasteiger partial charge is 0.251 e. The monoisotopic (exact) mass is 407 g/mol. The van der Waals surface area contributed by atoms with Gasteiger partial charge in [0.2, 0.25) is 12.3 Å². The Kier molecular flexibility index (Phi) is 8.35. The molecule has 6 nitrogen and oxygen atoms in total. The van der Waals surface area contributed by atoms with E-state index in [1.165, 1.54) is 0 Å². The van der Waals surface area contributed by atoms with Gasteiger partial charge in [0.1, 0.15) is 0 Å². The average Bonchev–Trinajstić information content (AvgIpc) is 2.75. The van der Waals surface area contributed by atoms with E-state index >= 15 is 0 Å². The molecular weight excluding hydrogens is 378 g/mol. The highest BCUT2D eigenvalue weighted by atomic mass is 16.2. The molecule has 2 aromatic rings. The lowest BCUT2D eigenvalue weighted by molar-refractivity contribution is -0.132. The molecule has 0 aliphatic rings. The van der Waals surface area contributed by atoms with Crippen molar-refractivity contribution in [1.29, 1.82) is 0 Å². The number of nitrogens with one attached hydrogen (secondary N) is 2. The Bertz CT molecular complexity index is 907. The number of rotatable bonds is 9. The number of benzene rings is 2. The van der Waals surface area contributed by atoms with Crippen molar-refractivity contribution < 1.29 is 14.4 Å². The van der Waals surface area contributed by atoms with Gasteiger partial charge in [0.05, 0.1) is 12.6 Å². The molecule has 2 rings (SSSR count). The van der Waals surface area contributed by atoms with E-state index in [1.807, 2.05) is 68.4 Å². The van der Waals surface area contributed by atoms with Crippen LogP contribution < -0.4 is 10.6 Å². The van der Waals surface area contributed by atoms with Gasteiger partial charge in [0.15, 0.2) is 0 Å². The third-order valence-electron chi connectivity index (χ3n) is 4.87. The second-order valence-electron chi connectivity index (χ2n) is 7.49. The first-order valence-corrected chi connectivity index (χ1v) is 9.91. The number of hydrogen-bond acceptors (Lipinski definition) is 3. The average molecular weight is 408 g/mol. The Hall–Kier alpha value is -3.41. The van der Waals surface area contributed by atoms with Crippen LogP contribution in [0.25, 0.3) is 11.1 Å². The van der Waals surface area contributed by atoms with Crippen LogP contribution in [0.2, 0.25) is 0 Å². The lowest BCUT2D eigenvalue weighted by Gasteiger charge is -2.29. The molecule has 1 atom stereocenters. The summed E-state index contributed by atoms with van der Waals surface area (Å²) >= 11 is 0. The van der Waals surface area contributed by atoms with Gasteiger partial charge in [-0.2, -0.15) is 0 Å². The van der Waals surface area contributed by atoms with E-state index in [0.29, 0.717) is 17.7 Å². The van der Waals surface area contributed by atoms with Crippen LogP contribution in [0, 0.1) is 5.92 Å². The van der Waals surface area contributed by atoms with Gasteiger partial charge >= 0.3 is 0 Å². The fourth-order valence-electron chi connectivity index (χ4n) is 3.14. The molecule has 30 heavy (non-hydrogen) atoms. The van der Waals surface area contributed by atoms with Gasteiger partial charge in [-0.1, -0.05) is 62.4 Å². The fourth-order valence-corrected chi connectivity index (χ4v) is 3.14. The van der Waals surface area contributed by atoms with Crippen molar-refractivity contribution in [3.8, 4) is 11.1 Å². The molecular formula is C24H29N3O3. The highest BCUT2D eigenvalue weighted by Gasteiger charge is 2.22. The summed E-state index contributed by atoms with van der Waals surface area (Å²) in [5.41, 5.74) is 3.31. The molecule has 0 aliphatic heterocycles.